The maximum atomic E-state index is 5.30. The minimum Gasteiger partial charge on any atom is -0.276 e. The molecule has 1 aromatic carbocycles. The van der Waals surface area contributed by atoms with Crippen molar-refractivity contribution in [1.82, 2.24) is 9.97 Å². The second kappa shape index (κ2) is 6.02. The molecule has 114 valence electrons. The molecular weight excluding hydrogens is 294 g/mol. The Bertz CT molecular complexity index is 780. The number of rotatable bonds is 4. The van der Waals surface area contributed by atoms with Crippen LogP contribution in [0.2, 0.25) is 0 Å². The topological polar surface area (TPSA) is 38.2 Å². The van der Waals surface area contributed by atoms with E-state index < -0.39 is 0 Å². The van der Waals surface area contributed by atoms with Crippen LogP contribution >= 0.6 is 11.3 Å². The molecule has 0 spiro atoms. The number of hydroxylamine groups is 1. The zero-order valence-electron chi connectivity index (χ0n) is 13.2. The molecule has 0 fully saturated rings. The van der Waals surface area contributed by atoms with Gasteiger partial charge in [-0.3, -0.25) is 4.84 Å². The highest BCUT2D eigenvalue weighted by atomic mass is 32.1. The average molecular weight is 313 g/mol. The fourth-order valence-corrected chi connectivity index (χ4v) is 3.36. The minimum absolute atomic E-state index is 0.534. The molecule has 0 amide bonds. The molecule has 0 atom stereocenters. The lowest BCUT2D eigenvalue weighted by Crippen LogP contribution is -2.16. The van der Waals surface area contributed by atoms with Crippen molar-refractivity contribution in [3.63, 3.8) is 0 Å². The molecule has 5 heteroatoms. The van der Waals surface area contributed by atoms with Crippen molar-refractivity contribution in [2.75, 3.05) is 19.2 Å². The monoisotopic (exact) mass is 313 g/mol. The van der Waals surface area contributed by atoms with Gasteiger partial charge in [-0.15, -0.1) is 11.3 Å². The quantitative estimate of drug-likeness (QED) is 0.666. The molecule has 3 aromatic rings. The Labute approximate surface area is 134 Å². The maximum absolute atomic E-state index is 5.30. The zero-order chi connectivity index (χ0) is 15.7. The highest BCUT2D eigenvalue weighted by molar-refractivity contribution is 7.17. The highest BCUT2D eigenvalue weighted by Crippen LogP contribution is 2.37. The van der Waals surface area contributed by atoms with Crippen LogP contribution in [0.25, 0.3) is 21.3 Å². The number of thiophene rings is 1. The lowest BCUT2D eigenvalue weighted by Gasteiger charge is -2.16. The number of anilines is 1. The van der Waals surface area contributed by atoms with Crippen LogP contribution in [0.4, 0.5) is 5.82 Å². The number of nitrogens with zero attached hydrogens (tertiary/aromatic N) is 3. The van der Waals surface area contributed by atoms with E-state index in [1.54, 1.807) is 29.8 Å². The van der Waals surface area contributed by atoms with E-state index in [9.17, 15) is 0 Å². The average Bonchev–Trinajstić information content (AvgIpc) is 2.98. The molecule has 3 rings (SSSR count). The Morgan fingerprint density at radius 1 is 1.14 bits per heavy atom. The molecule has 0 radical (unpaired) electrons. The van der Waals surface area contributed by atoms with Crippen molar-refractivity contribution in [2.45, 2.75) is 19.8 Å². The van der Waals surface area contributed by atoms with E-state index in [1.165, 1.54) is 11.1 Å². The Balaban J connectivity index is 2.14. The molecule has 0 aliphatic carbocycles. The van der Waals surface area contributed by atoms with Gasteiger partial charge in [-0.1, -0.05) is 38.1 Å². The number of hydrogen-bond donors (Lipinski definition) is 0. The van der Waals surface area contributed by atoms with Gasteiger partial charge in [-0.05, 0) is 17.0 Å². The van der Waals surface area contributed by atoms with Crippen molar-refractivity contribution in [1.29, 1.82) is 0 Å². The number of hydrogen-bond acceptors (Lipinski definition) is 5. The predicted molar refractivity (Wildman–Crippen MR) is 92.4 cm³/mol. The molecule has 4 nitrogen and oxygen atoms in total. The fraction of sp³-hybridized carbons (Fsp3) is 0.294. The van der Waals surface area contributed by atoms with E-state index in [0.717, 1.165) is 21.6 Å². The van der Waals surface area contributed by atoms with Gasteiger partial charge in [-0.2, -0.15) is 0 Å². The molecule has 0 N–H and O–H groups in total. The second-order valence-electron chi connectivity index (χ2n) is 5.48. The Morgan fingerprint density at radius 3 is 2.50 bits per heavy atom. The summed E-state index contributed by atoms with van der Waals surface area (Å²) in [6.45, 7) is 4.41. The summed E-state index contributed by atoms with van der Waals surface area (Å²) >= 11 is 1.63. The number of fused-ring (bicyclic) bond motifs is 1. The van der Waals surface area contributed by atoms with Gasteiger partial charge in [0, 0.05) is 18.0 Å². The molecule has 2 aromatic heterocycles. The van der Waals surface area contributed by atoms with Gasteiger partial charge in [0.2, 0.25) is 0 Å². The third-order valence-corrected chi connectivity index (χ3v) is 4.70. The molecule has 0 saturated heterocycles. The molecule has 0 unspecified atom stereocenters. The molecule has 0 aliphatic heterocycles. The van der Waals surface area contributed by atoms with Crippen LogP contribution < -0.4 is 5.06 Å². The normalized spacial score (nSPS) is 11.3. The summed E-state index contributed by atoms with van der Waals surface area (Å²) in [6.07, 6.45) is 1.58. The zero-order valence-corrected chi connectivity index (χ0v) is 14.0. The first-order valence-electron chi connectivity index (χ1n) is 7.22. The summed E-state index contributed by atoms with van der Waals surface area (Å²) in [5, 5.41) is 4.84. The van der Waals surface area contributed by atoms with Crippen LogP contribution in [-0.4, -0.2) is 24.1 Å². The van der Waals surface area contributed by atoms with Gasteiger partial charge in [0.1, 0.15) is 11.2 Å². The lowest BCUT2D eigenvalue weighted by atomic mass is 9.99. The van der Waals surface area contributed by atoms with Gasteiger partial charge < -0.3 is 0 Å². The van der Waals surface area contributed by atoms with Crippen LogP contribution in [0, 0.1) is 0 Å². The minimum atomic E-state index is 0.534. The summed E-state index contributed by atoms with van der Waals surface area (Å²) in [6, 6.07) is 8.71. The van der Waals surface area contributed by atoms with Crippen LogP contribution in [-0.2, 0) is 4.84 Å². The van der Waals surface area contributed by atoms with E-state index in [-0.39, 0.29) is 0 Å². The van der Waals surface area contributed by atoms with Crippen molar-refractivity contribution in [3.8, 4) is 11.1 Å². The third kappa shape index (κ3) is 2.58. The summed E-state index contributed by atoms with van der Waals surface area (Å²) < 4.78 is 0. The van der Waals surface area contributed by atoms with Gasteiger partial charge >= 0.3 is 0 Å². The Kier molecular flexibility index (Phi) is 4.09. The van der Waals surface area contributed by atoms with Gasteiger partial charge in [-0.25, -0.2) is 15.0 Å². The first-order chi connectivity index (χ1) is 10.6. The summed E-state index contributed by atoms with van der Waals surface area (Å²) in [7, 11) is 3.49. The van der Waals surface area contributed by atoms with E-state index in [4.69, 9.17) is 4.84 Å². The van der Waals surface area contributed by atoms with Gasteiger partial charge in [0.15, 0.2) is 5.82 Å². The van der Waals surface area contributed by atoms with E-state index in [2.05, 4.69) is 53.5 Å². The van der Waals surface area contributed by atoms with Crippen molar-refractivity contribution >= 4 is 27.4 Å². The molecule has 22 heavy (non-hydrogen) atoms. The first-order valence-corrected chi connectivity index (χ1v) is 8.10. The highest BCUT2D eigenvalue weighted by Gasteiger charge is 2.15. The van der Waals surface area contributed by atoms with E-state index in [0.29, 0.717) is 5.92 Å². The SMILES string of the molecule is CON(C)c1ncnc2scc(-c3ccc(C(C)C)cc3)c12. The maximum Gasteiger partial charge on any atom is 0.164 e. The fourth-order valence-electron chi connectivity index (χ4n) is 2.44. The predicted octanol–water partition coefficient (Wildman–Crippen LogP) is 4.48. The van der Waals surface area contributed by atoms with Crippen LogP contribution in [0.15, 0.2) is 36.0 Å². The van der Waals surface area contributed by atoms with E-state index >= 15 is 0 Å². The van der Waals surface area contributed by atoms with Crippen LogP contribution in [0.1, 0.15) is 25.3 Å². The number of benzene rings is 1. The second-order valence-corrected chi connectivity index (χ2v) is 6.34. The summed E-state index contributed by atoms with van der Waals surface area (Å²) in [4.78, 5) is 15.0. The van der Waals surface area contributed by atoms with Crippen LogP contribution in [0.5, 0.6) is 0 Å². The molecule has 0 bridgehead atoms. The molecule has 0 saturated carbocycles. The van der Waals surface area contributed by atoms with Gasteiger partial charge in [0.25, 0.3) is 0 Å². The largest absolute Gasteiger partial charge is 0.276 e. The lowest BCUT2D eigenvalue weighted by molar-refractivity contribution is 0.183. The van der Waals surface area contributed by atoms with Crippen LogP contribution in [0.3, 0.4) is 0 Å². The summed E-state index contributed by atoms with van der Waals surface area (Å²) in [5.41, 5.74) is 3.67. The van der Waals surface area contributed by atoms with Gasteiger partial charge in [0.05, 0.1) is 12.5 Å². The Hall–Kier alpha value is -1.98. The molecule has 0 aliphatic rings. The molecule has 2 heterocycles. The van der Waals surface area contributed by atoms with Crippen molar-refractivity contribution in [3.05, 3.63) is 41.5 Å². The van der Waals surface area contributed by atoms with Crippen molar-refractivity contribution in [2.24, 2.45) is 0 Å². The van der Waals surface area contributed by atoms with E-state index in [1.807, 2.05) is 7.05 Å². The third-order valence-electron chi connectivity index (χ3n) is 3.81. The smallest absolute Gasteiger partial charge is 0.164 e. The molecular formula is C17H19N3OS. The first kappa shape index (κ1) is 14.9. The Morgan fingerprint density at radius 2 is 1.86 bits per heavy atom. The van der Waals surface area contributed by atoms with Crippen molar-refractivity contribution < 1.29 is 4.84 Å². The number of aromatic nitrogens is 2. The standard InChI is InChI=1S/C17H19N3OS/c1-11(2)12-5-7-13(8-6-12)14-9-22-17-15(14)16(18-10-19-17)20(3)21-4/h5-11H,1-4H3. The summed E-state index contributed by atoms with van der Waals surface area (Å²) in [5.74, 6) is 1.32.